The number of nitrogens with two attached hydrogens (primary N) is 1. The monoisotopic (exact) mass is 300 g/mol. The molecule has 1 aliphatic rings. The number of nitrogens with zero attached hydrogens (tertiary/aromatic N) is 1. The van der Waals surface area contributed by atoms with E-state index in [1.54, 1.807) is 0 Å². The molecule has 1 aromatic carbocycles. The molecule has 0 aliphatic carbocycles. The standard InChI is InChI=1S/C16H23F3N2/c1-2-11-6-4-3-5-7-21(11)16(10-20)12-8-14(18)15(19)9-13(12)17/h8-9,11,16H,2-7,10,20H2,1H3. The predicted octanol–water partition coefficient (Wildman–Crippen LogP) is 3.76. The van der Waals surface area contributed by atoms with E-state index < -0.39 is 23.5 Å². The third-order valence-electron chi connectivity index (χ3n) is 4.42. The van der Waals surface area contributed by atoms with Gasteiger partial charge in [0.2, 0.25) is 0 Å². The number of hydrogen-bond acceptors (Lipinski definition) is 2. The van der Waals surface area contributed by atoms with E-state index in [1.165, 1.54) is 0 Å². The third kappa shape index (κ3) is 3.58. The molecule has 1 aliphatic heterocycles. The largest absolute Gasteiger partial charge is 0.329 e. The van der Waals surface area contributed by atoms with Crippen molar-refractivity contribution in [3.05, 3.63) is 35.1 Å². The van der Waals surface area contributed by atoms with Gasteiger partial charge in [-0.05, 0) is 31.9 Å². The summed E-state index contributed by atoms with van der Waals surface area (Å²) < 4.78 is 40.7. The molecule has 2 atom stereocenters. The number of rotatable bonds is 4. The van der Waals surface area contributed by atoms with Gasteiger partial charge in [0, 0.05) is 24.2 Å². The van der Waals surface area contributed by atoms with Crippen LogP contribution in [-0.4, -0.2) is 24.0 Å². The van der Waals surface area contributed by atoms with Gasteiger partial charge in [0.15, 0.2) is 11.6 Å². The average Bonchev–Trinajstić information content (AvgIpc) is 2.70. The number of halogens is 3. The van der Waals surface area contributed by atoms with Crippen molar-refractivity contribution in [2.75, 3.05) is 13.1 Å². The van der Waals surface area contributed by atoms with Crippen LogP contribution in [0.25, 0.3) is 0 Å². The summed E-state index contributed by atoms with van der Waals surface area (Å²) in [6.45, 7) is 3.11. The normalized spacial score (nSPS) is 22.0. The maximum atomic E-state index is 14.1. The summed E-state index contributed by atoms with van der Waals surface area (Å²) >= 11 is 0. The van der Waals surface area contributed by atoms with Crippen LogP contribution >= 0.6 is 0 Å². The first kappa shape index (κ1) is 16.3. The van der Waals surface area contributed by atoms with Gasteiger partial charge in [-0.1, -0.05) is 19.8 Å². The summed E-state index contributed by atoms with van der Waals surface area (Å²) in [5.41, 5.74) is 6.00. The molecular formula is C16H23F3N2. The van der Waals surface area contributed by atoms with E-state index in [0.717, 1.165) is 44.7 Å². The lowest BCUT2D eigenvalue weighted by Crippen LogP contribution is -2.41. The van der Waals surface area contributed by atoms with Crippen LogP contribution in [0.15, 0.2) is 12.1 Å². The molecule has 0 bridgehead atoms. The second kappa shape index (κ2) is 7.27. The highest BCUT2D eigenvalue weighted by Gasteiger charge is 2.29. The first-order valence-electron chi connectivity index (χ1n) is 7.68. The Morgan fingerprint density at radius 3 is 2.52 bits per heavy atom. The molecule has 2 nitrogen and oxygen atoms in total. The van der Waals surface area contributed by atoms with E-state index in [2.05, 4.69) is 11.8 Å². The summed E-state index contributed by atoms with van der Waals surface area (Å²) in [6, 6.07) is 1.49. The van der Waals surface area contributed by atoms with E-state index in [0.29, 0.717) is 12.1 Å². The van der Waals surface area contributed by atoms with Crippen LogP contribution in [-0.2, 0) is 0 Å². The fraction of sp³-hybridized carbons (Fsp3) is 0.625. The Morgan fingerprint density at radius 1 is 1.14 bits per heavy atom. The van der Waals surface area contributed by atoms with Crippen molar-refractivity contribution in [3.63, 3.8) is 0 Å². The average molecular weight is 300 g/mol. The van der Waals surface area contributed by atoms with Crippen LogP contribution in [0.4, 0.5) is 13.2 Å². The zero-order chi connectivity index (χ0) is 15.4. The zero-order valence-electron chi connectivity index (χ0n) is 12.4. The quantitative estimate of drug-likeness (QED) is 0.858. The Hall–Kier alpha value is -1.07. The predicted molar refractivity (Wildman–Crippen MR) is 77.4 cm³/mol. The summed E-state index contributed by atoms with van der Waals surface area (Å²) in [5, 5.41) is 0. The highest BCUT2D eigenvalue weighted by molar-refractivity contribution is 5.24. The summed E-state index contributed by atoms with van der Waals surface area (Å²) in [6.07, 6.45) is 5.30. The Morgan fingerprint density at radius 2 is 1.86 bits per heavy atom. The first-order valence-corrected chi connectivity index (χ1v) is 7.68. The maximum Gasteiger partial charge on any atom is 0.161 e. The first-order chi connectivity index (χ1) is 10.1. The van der Waals surface area contributed by atoms with Crippen LogP contribution in [0.1, 0.15) is 50.6 Å². The van der Waals surface area contributed by atoms with E-state index in [9.17, 15) is 13.2 Å². The van der Waals surface area contributed by atoms with Gasteiger partial charge in [-0.2, -0.15) is 0 Å². The molecule has 0 radical (unpaired) electrons. The highest BCUT2D eigenvalue weighted by atomic mass is 19.2. The molecule has 1 fully saturated rings. The number of benzene rings is 1. The van der Waals surface area contributed by atoms with Crippen LogP contribution in [0.2, 0.25) is 0 Å². The van der Waals surface area contributed by atoms with Crippen LogP contribution in [0, 0.1) is 17.5 Å². The molecule has 0 amide bonds. The molecule has 21 heavy (non-hydrogen) atoms. The van der Waals surface area contributed by atoms with Crippen molar-refractivity contribution in [2.45, 2.75) is 51.1 Å². The van der Waals surface area contributed by atoms with Crippen molar-refractivity contribution in [2.24, 2.45) is 5.73 Å². The lowest BCUT2D eigenvalue weighted by atomic mass is 10.00. The molecule has 2 rings (SSSR count). The molecule has 1 saturated heterocycles. The lowest BCUT2D eigenvalue weighted by Gasteiger charge is -2.36. The Labute approximate surface area is 124 Å². The lowest BCUT2D eigenvalue weighted by molar-refractivity contribution is 0.133. The van der Waals surface area contributed by atoms with Gasteiger partial charge in [0.1, 0.15) is 5.82 Å². The third-order valence-corrected chi connectivity index (χ3v) is 4.42. The topological polar surface area (TPSA) is 29.3 Å². The summed E-state index contributed by atoms with van der Waals surface area (Å²) in [5.74, 6) is -2.90. The van der Waals surface area contributed by atoms with Gasteiger partial charge in [-0.3, -0.25) is 4.90 Å². The Kier molecular flexibility index (Phi) is 5.65. The van der Waals surface area contributed by atoms with Gasteiger partial charge < -0.3 is 5.73 Å². The number of hydrogen-bond donors (Lipinski definition) is 1. The zero-order valence-corrected chi connectivity index (χ0v) is 12.4. The van der Waals surface area contributed by atoms with Gasteiger partial charge in [-0.15, -0.1) is 0 Å². The molecule has 0 aromatic heterocycles. The van der Waals surface area contributed by atoms with E-state index in [1.807, 2.05) is 0 Å². The SMILES string of the molecule is CCC1CCCCCN1C(CN)c1cc(F)c(F)cc1F. The summed E-state index contributed by atoms with van der Waals surface area (Å²) in [7, 11) is 0. The molecule has 1 heterocycles. The van der Waals surface area contributed by atoms with Crippen molar-refractivity contribution < 1.29 is 13.2 Å². The molecule has 0 saturated carbocycles. The van der Waals surface area contributed by atoms with Crippen molar-refractivity contribution in [3.8, 4) is 0 Å². The Bertz CT molecular complexity index is 479. The minimum atomic E-state index is -1.16. The van der Waals surface area contributed by atoms with Crippen LogP contribution in [0.5, 0.6) is 0 Å². The van der Waals surface area contributed by atoms with E-state index in [4.69, 9.17) is 5.73 Å². The van der Waals surface area contributed by atoms with Crippen molar-refractivity contribution >= 4 is 0 Å². The Balaban J connectivity index is 2.35. The molecule has 118 valence electrons. The molecular weight excluding hydrogens is 277 g/mol. The molecule has 0 spiro atoms. The van der Waals surface area contributed by atoms with Gasteiger partial charge in [0.05, 0.1) is 6.04 Å². The van der Waals surface area contributed by atoms with Crippen molar-refractivity contribution in [1.82, 2.24) is 4.90 Å². The molecule has 2 unspecified atom stereocenters. The van der Waals surface area contributed by atoms with Gasteiger partial charge in [0.25, 0.3) is 0 Å². The minimum Gasteiger partial charge on any atom is -0.329 e. The van der Waals surface area contributed by atoms with Gasteiger partial charge >= 0.3 is 0 Å². The molecule has 5 heteroatoms. The minimum absolute atomic E-state index is 0.164. The molecule has 1 aromatic rings. The fourth-order valence-corrected chi connectivity index (χ4v) is 3.28. The number of likely N-dealkylation sites (tertiary alicyclic amines) is 1. The van der Waals surface area contributed by atoms with E-state index >= 15 is 0 Å². The fourth-order valence-electron chi connectivity index (χ4n) is 3.28. The van der Waals surface area contributed by atoms with Crippen LogP contribution in [0.3, 0.4) is 0 Å². The smallest absolute Gasteiger partial charge is 0.161 e. The second-order valence-electron chi connectivity index (χ2n) is 5.69. The van der Waals surface area contributed by atoms with Crippen molar-refractivity contribution in [1.29, 1.82) is 0 Å². The van der Waals surface area contributed by atoms with Crippen LogP contribution < -0.4 is 5.73 Å². The summed E-state index contributed by atoms with van der Waals surface area (Å²) in [4.78, 5) is 2.17. The highest BCUT2D eigenvalue weighted by Crippen LogP contribution is 2.31. The van der Waals surface area contributed by atoms with Gasteiger partial charge in [-0.25, -0.2) is 13.2 Å². The maximum absolute atomic E-state index is 14.1. The molecule has 2 N–H and O–H groups in total. The van der Waals surface area contributed by atoms with E-state index in [-0.39, 0.29) is 12.1 Å². The second-order valence-corrected chi connectivity index (χ2v) is 5.69.